The van der Waals surface area contributed by atoms with Crippen LogP contribution < -0.4 is 0 Å². The molecule has 0 aliphatic rings. The zero-order valence-corrected chi connectivity index (χ0v) is 8.12. The number of nitrogens with one attached hydrogen (secondary N) is 1. The topological polar surface area (TPSA) is 76.0 Å². The number of rotatable bonds is 2. The minimum absolute atomic E-state index is 0.0548. The molecule has 0 fully saturated rings. The fourth-order valence-corrected chi connectivity index (χ4v) is 1.61. The van der Waals surface area contributed by atoms with Gasteiger partial charge >= 0.3 is 0 Å². The summed E-state index contributed by atoms with van der Waals surface area (Å²) in [6, 6.07) is 4.21. The van der Waals surface area contributed by atoms with Crippen molar-refractivity contribution >= 4 is 34.5 Å². The zero-order chi connectivity index (χ0) is 11.0. The Hall–Kier alpha value is -1.88. The molecule has 0 spiro atoms. The Morgan fingerprint density at radius 2 is 2.20 bits per heavy atom. The molecule has 1 aromatic heterocycles. The molecular formula is C9H5ClN2O3. The van der Waals surface area contributed by atoms with Gasteiger partial charge in [0.05, 0.1) is 15.6 Å². The number of fused-ring (bicyclic) bond motifs is 1. The Labute approximate surface area is 88.8 Å². The van der Waals surface area contributed by atoms with Crippen LogP contribution in [0.2, 0.25) is 5.02 Å². The summed E-state index contributed by atoms with van der Waals surface area (Å²) in [7, 11) is 0. The predicted molar refractivity (Wildman–Crippen MR) is 55.4 cm³/mol. The SMILES string of the molecule is O=Cc1[nH]c2ccc([N+](=O)[O-])cc2c1Cl. The van der Waals surface area contributed by atoms with Gasteiger partial charge in [0.1, 0.15) is 0 Å². The van der Waals surface area contributed by atoms with E-state index in [0.717, 1.165) is 0 Å². The van der Waals surface area contributed by atoms with Gasteiger partial charge in [-0.3, -0.25) is 14.9 Å². The Kier molecular flexibility index (Phi) is 2.17. The molecule has 0 radical (unpaired) electrons. The maximum absolute atomic E-state index is 10.6. The highest BCUT2D eigenvalue weighted by molar-refractivity contribution is 6.38. The van der Waals surface area contributed by atoms with Crippen molar-refractivity contribution in [2.75, 3.05) is 0 Å². The van der Waals surface area contributed by atoms with Crippen molar-refractivity contribution in [1.82, 2.24) is 4.98 Å². The second kappa shape index (κ2) is 3.36. The fourth-order valence-electron chi connectivity index (χ4n) is 1.36. The molecule has 0 aliphatic heterocycles. The smallest absolute Gasteiger partial charge is 0.270 e. The minimum atomic E-state index is -0.511. The van der Waals surface area contributed by atoms with Crippen molar-refractivity contribution in [3.63, 3.8) is 0 Å². The fraction of sp³-hybridized carbons (Fsp3) is 0. The highest BCUT2D eigenvalue weighted by Gasteiger charge is 2.12. The monoisotopic (exact) mass is 224 g/mol. The lowest BCUT2D eigenvalue weighted by molar-refractivity contribution is -0.384. The van der Waals surface area contributed by atoms with E-state index in [0.29, 0.717) is 17.2 Å². The van der Waals surface area contributed by atoms with E-state index in [4.69, 9.17) is 11.6 Å². The van der Waals surface area contributed by atoms with Crippen LogP contribution in [0.25, 0.3) is 10.9 Å². The summed E-state index contributed by atoms with van der Waals surface area (Å²) < 4.78 is 0. The van der Waals surface area contributed by atoms with Gasteiger partial charge < -0.3 is 4.98 Å². The third-order valence-corrected chi connectivity index (χ3v) is 2.48. The zero-order valence-electron chi connectivity index (χ0n) is 7.36. The number of nitro benzene ring substituents is 1. The summed E-state index contributed by atoms with van der Waals surface area (Å²) in [6.45, 7) is 0. The van der Waals surface area contributed by atoms with E-state index in [2.05, 4.69) is 4.98 Å². The van der Waals surface area contributed by atoms with E-state index in [1.54, 1.807) is 0 Å². The highest BCUT2D eigenvalue weighted by atomic mass is 35.5. The molecule has 6 heteroatoms. The van der Waals surface area contributed by atoms with Crippen molar-refractivity contribution < 1.29 is 9.72 Å². The van der Waals surface area contributed by atoms with Gasteiger partial charge in [-0.1, -0.05) is 11.6 Å². The maximum Gasteiger partial charge on any atom is 0.270 e. The molecule has 0 saturated carbocycles. The Bertz CT molecular complexity index is 562. The number of halogens is 1. The van der Waals surface area contributed by atoms with Crippen molar-refractivity contribution in [3.8, 4) is 0 Å². The largest absolute Gasteiger partial charge is 0.351 e. The number of benzene rings is 1. The van der Waals surface area contributed by atoms with Crippen LogP contribution in [0, 0.1) is 10.1 Å². The molecule has 0 amide bonds. The normalized spacial score (nSPS) is 10.5. The first-order valence-electron chi connectivity index (χ1n) is 4.04. The van der Waals surface area contributed by atoms with E-state index < -0.39 is 4.92 Å². The molecule has 1 heterocycles. The minimum Gasteiger partial charge on any atom is -0.351 e. The molecule has 5 nitrogen and oxygen atoms in total. The lowest BCUT2D eigenvalue weighted by Gasteiger charge is -1.91. The molecular weight excluding hydrogens is 220 g/mol. The summed E-state index contributed by atoms with van der Waals surface area (Å²) in [4.78, 5) is 23.3. The van der Waals surface area contributed by atoms with Gasteiger partial charge in [0.25, 0.3) is 5.69 Å². The van der Waals surface area contributed by atoms with E-state index in [1.807, 2.05) is 0 Å². The number of aromatic nitrogens is 1. The number of hydrogen-bond donors (Lipinski definition) is 1. The van der Waals surface area contributed by atoms with Crippen LogP contribution in [0.1, 0.15) is 10.5 Å². The first-order valence-corrected chi connectivity index (χ1v) is 4.42. The van der Waals surface area contributed by atoms with Crippen molar-refractivity contribution in [3.05, 3.63) is 39.0 Å². The van der Waals surface area contributed by atoms with Crippen LogP contribution >= 0.6 is 11.6 Å². The average Bonchev–Trinajstić information content (AvgIpc) is 2.55. The number of non-ortho nitro benzene ring substituents is 1. The molecule has 15 heavy (non-hydrogen) atoms. The van der Waals surface area contributed by atoms with Gasteiger partial charge in [-0.15, -0.1) is 0 Å². The molecule has 2 aromatic rings. The van der Waals surface area contributed by atoms with Crippen LogP contribution in [0.4, 0.5) is 5.69 Å². The van der Waals surface area contributed by atoms with E-state index in [9.17, 15) is 14.9 Å². The molecule has 1 aromatic carbocycles. The Morgan fingerprint density at radius 1 is 1.47 bits per heavy atom. The molecule has 1 N–H and O–H groups in total. The highest BCUT2D eigenvalue weighted by Crippen LogP contribution is 2.29. The maximum atomic E-state index is 10.6. The first kappa shape index (κ1) is 9.67. The summed E-state index contributed by atoms with van der Waals surface area (Å²) in [5, 5.41) is 11.2. The van der Waals surface area contributed by atoms with E-state index >= 15 is 0 Å². The molecule has 0 saturated heterocycles. The third kappa shape index (κ3) is 1.46. The Balaban J connectivity index is 2.75. The van der Waals surface area contributed by atoms with Crippen LogP contribution in [0.15, 0.2) is 18.2 Å². The third-order valence-electron chi connectivity index (χ3n) is 2.07. The second-order valence-corrected chi connectivity index (χ2v) is 3.34. The van der Waals surface area contributed by atoms with E-state index in [1.165, 1.54) is 18.2 Å². The lowest BCUT2D eigenvalue weighted by Crippen LogP contribution is -1.86. The molecule has 0 aliphatic carbocycles. The number of aromatic amines is 1. The Morgan fingerprint density at radius 3 is 2.80 bits per heavy atom. The van der Waals surface area contributed by atoms with Crippen LogP contribution in [0.5, 0.6) is 0 Å². The van der Waals surface area contributed by atoms with Gasteiger partial charge in [0.2, 0.25) is 0 Å². The van der Waals surface area contributed by atoms with Gasteiger partial charge in [-0.2, -0.15) is 0 Å². The summed E-state index contributed by atoms with van der Waals surface area (Å²) in [5.41, 5.74) is 0.778. The lowest BCUT2D eigenvalue weighted by atomic mass is 10.2. The van der Waals surface area contributed by atoms with Crippen molar-refractivity contribution in [2.45, 2.75) is 0 Å². The number of H-pyrrole nitrogens is 1. The number of hydrogen-bond acceptors (Lipinski definition) is 3. The number of carbonyl (C=O) groups is 1. The first-order chi connectivity index (χ1) is 7.13. The standard InChI is InChI=1S/C9H5ClN2O3/c10-9-6-3-5(12(14)15)1-2-7(6)11-8(9)4-13/h1-4,11H. The number of nitrogens with zero attached hydrogens (tertiary/aromatic N) is 1. The second-order valence-electron chi connectivity index (χ2n) is 2.96. The summed E-state index contributed by atoms with van der Waals surface area (Å²) in [6.07, 6.45) is 0.578. The van der Waals surface area contributed by atoms with Crippen molar-refractivity contribution in [2.24, 2.45) is 0 Å². The quantitative estimate of drug-likeness (QED) is 0.484. The molecule has 76 valence electrons. The van der Waals surface area contributed by atoms with Gasteiger partial charge in [-0.25, -0.2) is 0 Å². The van der Waals surface area contributed by atoms with Gasteiger partial charge in [-0.05, 0) is 6.07 Å². The molecule has 0 unspecified atom stereocenters. The van der Waals surface area contributed by atoms with Crippen molar-refractivity contribution in [1.29, 1.82) is 0 Å². The number of carbonyl (C=O) groups excluding carboxylic acids is 1. The number of nitro groups is 1. The average molecular weight is 225 g/mol. The van der Waals surface area contributed by atoms with E-state index in [-0.39, 0.29) is 16.4 Å². The van der Waals surface area contributed by atoms with Gasteiger partial charge in [0.15, 0.2) is 6.29 Å². The van der Waals surface area contributed by atoms with Crippen LogP contribution in [-0.2, 0) is 0 Å². The number of aldehydes is 1. The molecule has 2 rings (SSSR count). The van der Waals surface area contributed by atoms with Crippen LogP contribution in [-0.4, -0.2) is 16.2 Å². The predicted octanol–water partition coefficient (Wildman–Crippen LogP) is 2.54. The van der Waals surface area contributed by atoms with Crippen LogP contribution in [0.3, 0.4) is 0 Å². The summed E-state index contributed by atoms with van der Waals surface area (Å²) >= 11 is 5.85. The summed E-state index contributed by atoms with van der Waals surface area (Å²) in [5.74, 6) is 0. The molecule has 0 atom stereocenters. The van der Waals surface area contributed by atoms with Gasteiger partial charge in [0, 0.05) is 23.0 Å². The molecule has 0 bridgehead atoms.